The molecule has 0 saturated heterocycles. The van der Waals surface area contributed by atoms with Crippen molar-refractivity contribution >= 4 is 34.3 Å². The SMILES string of the molecule is OC(=C1C=CC=C1c1ccc(Cl)cc1)C1C=CC=C1c1ccc(Cl)cc1. The van der Waals surface area contributed by atoms with Crippen molar-refractivity contribution in [3.05, 3.63) is 117 Å². The van der Waals surface area contributed by atoms with E-state index in [9.17, 15) is 5.11 Å². The molecular weight excluding hydrogens is 363 g/mol. The first-order valence-electron chi connectivity index (χ1n) is 8.35. The number of aliphatic hydroxyl groups excluding tert-OH is 1. The van der Waals surface area contributed by atoms with Crippen molar-refractivity contribution in [2.75, 3.05) is 0 Å². The van der Waals surface area contributed by atoms with Crippen molar-refractivity contribution in [3.8, 4) is 0 Å². The smallest absolute Gasteiger partial charge is 0.111 e. The maximum atomic E-state index is 11.1. The van der Waals surface area contributed by atoms with Crippen LogP contribution in [0.25, 0.3) is 11.1 Å². The molecule has 0 bridgehead atoms. The Morgan fingerprint density at radius 3 is 2.04 bits per heavy atom. The van der Waals surface area contributed by atoms with E-state index in [1.807, 2.05) is 85.0 Å². The second-order valence-electron chi connectivity index (χ2n) is 6.24. The molecule has 1 nitrogen and oxygen atoms in total. The maximum absolute atomic E-state index is 11.1. The number of hydrogen-bond donors (Lipinski definition) is 1. The molecule has 2 aromatic rings. The lowest BCUT2D eigenvalue weighted by Gasteiger charge is -2.17. The standard InChI is InChI=1S/C23H16Cl2O/c24-17-11-7-15(8-12-17)19-3-1-5-21(19)23(26)22-6-2-4-20(22)16-9-13-18(25)14-10-16/h1-14,21,26H. The van der Waals surface area contributed by atoms with Crippen LogP contribution < -0.4 is 0 Å². The molecule has 26 heavy (non-hydrogen) atoms. The van der Waals surface area contributed by atoms with Crippen LogP contribution in [0.5, 0.6) is 0 Å². The van der Waals surface area contributed by atoms with Gasteiger partial charge in [-0.2, -0.15) is 0 Å². The molecule has 3 heteroatoms. The highest BCUT2D eigenvalue weighted by Gasteiger charge is 2.25. The number of aliphatic hydroxyl groups is 1. The maximum Gasteiger partial charge on any atom is 0.111 e. The molecule has 1 N–H and O–H groups in total. The molecule has 0 amide bonds. The van der Waals surface area contributed by atoms with Crippen molar-refractivity contribution in [2.45, 2.75) is 0 Å². The van der Waals surface area contributed by atoms with Gasteiger partial charge < -0.3 is 5.11 Å². The fourth-order valence-corrected chi connectivity index (χ4v) is 3.58. The van der Waals surface area contributed by atoms with Crippen LogP contribution in [0.15, 0.2) is 96.3 Å². The molecule has 0 spiro atoms. The summed E-state index contributed by atoms with van der Waals surface area (Å²) in [5.41, 5.74) is 4.97. The average Bonchev–Trinajstić information content (AvgIpc) is 3.32. The van der Waals surface area contributed by atoms with Crippen molar-refractivity contribution in [1.29, 1.82) is 0 Å². The van der Waals surface area contributed by atoms with Gasteiger partial charge >= 0.3 is 0 Å². The molecule has 2 aromatic carbocycles. The number of rotatable bonds is 3. The molecule has 0 aliphatic heterocycles. The summed E-state index contributed by atoms with van der Waals surface area (Å²) >= 11 is 12.0. The Morgan fingerprint density at radius 2 is 1.38 bits per heavy atom. The van der Waals surface area contributed by atoms with Gasteiger partial charge in [0.15, 0.2) is 0 Å². The quantitative estimate of drug-likeness (QED) is 0.568. The third kappa shape index (κ3) is 3.16. The summed E-state index contributed by atoms with van der Waals surface area (Å²) in [7, 11) is 0. The number of hydrogen-bond acceptors (Lipinski definition) is 1. The predicted molar refractivity (Wildman–Crippen MR) is 110 cm³/mol. The largest absolute Gasteiger partial charge is 0.511 e. The van der Waals surface area contributed by atoms with E-state index in [1.54, 1.807) is 0 Å². The van der Waals surface area contributed by atoms with Crippen molar-refractivity contribution in [2.24, 2.45) is 5.92 Å². The van der Waals surface area contributed by atoms with Crippen LogP contribution in [0, 0.1) is 5.92 Å². The van der Waals surface area contributed by atoms with Gasteiger partial charge in [0, 0.05) is 15.6 Å². The summed E-state index contributed by atoms with van der Waals surface area (Å²) in [5.74, 6) is 0.166. The molecule has 0 fully saturated rings. The Balaban J connectivity index is 1.70. The van der Waals surface area contributed by atoms with E-state index in [2.05, 4.69) is 0 Å². The zero-order valence-corrected chi connectivity index (χ0v) is 15.4. The zero-order valence-electron chi connectivity index (χ0n) is 13.9. The summed E-state index contributed by atoms with van der Waals surface area (Å²) in [6.45, 7) is 0. The van der Waals surface area contributed by atoms with E-state index in [0.29, 0.717) is 15.8 Å². The minimum Gasteiger partial charge on any atom is -0.511 e. The van der Waals surface area contributed by atoms with Crippen LogP contribution in [0.4, 0.5) is 0 Å². The topological polar surface area (TPSA) is 20.2 Å². The zero-order chi connectivity index (χ0) is 18.1. The molecule has 2 aliphatic rings. The lowest BCUT2D eigenvalue weighted by molar-refractivity contribution is 0.378. The molecule has 1 unspecified atom stereocenters. The fourth-order valence-electron chi connectivity index (χ4n) is 3.33. The van der Waals surface area contributed by atoms with Gasteiger partial charge in [0.1, 0.15) is 5.76 Å². The van der Waals surface area contributed by atoms with Crippen LogP contribution in [0.3, 0.4) is 0 Å². The number of halogens is 2. The van der Waals surface area contributed by atoms with Gasteiger partial charge in [0.05, 0.1) is 5.92 Å². The third-order valence-electron chi connectivity index (χ3n) is 4.63. The Labute approximate surface area is 162 Å². The molecule has 2 aliphatic carbocycles. The monoisotopic (exact) mass is 378 g/mol. The van der Waals surface area contributed by atoms with Crippen LogP contribution >= 0.6 is 23.2 Å². The fraction of sp³-hybridized carbons (Fsp3) is 0.0435. The highest BCUT2D eigenvalue weighted by atomic mass is 35.5. The van der Waals surface area contributed by atoms with Gasteiger partial charge in [-0.3, -0.25) is 0 Å². The van der Waals surface area contributed by atoms with Gasteiger partial charge in [0.25, 0.3) is 0 Å². The molecule has 0 saturated carbocycles. The number of allylic oxidation sites excluding steroid dienone is 8. The summed E-state index contributed by atoms with van der Waals surface area (Å²) < 4.78 is 0. The second-order valence-corrected chi connectivity index (χ2v) is 7.11. The van der Waals surface area contributed by atoms with E-state index in [4.69, 9.17) is 23.2 Å². The van der Waals surface area contributed by atoms with Gasteiger partial charge in [0.2, 0.25) is 0 Å². The van der Waals surface area contributed by atoms with Crippen molar-refractivity contribution in [1.82, 2.24) is 0 Å². The highest BCUT2D eigenvalue weighted by molar-refractivity contribution is 6.30. The first-order chi connectivity index (χ1) is 12.6. The van der Waals surface area contributed by atoms with Crippen molar-refractivity contribution < 1.29 is 5.11 Å². The summed E-state index contributed by atoms with van der Waals surface area (Å²) in [5, 5.41) is 12.5. The Morgan fingerprint density at radius 1 is 0.769 bits per heavy atom. The van der Waals surface area contributed by atoms with E-state index in [0.717, 1.165) is 27.8 Å². The minimum absolute atomic E-state index is 0.176. The lowest BCUT2D eigenvalue weighted by atomic mass is 9.89. The number of benzene rings is 2. The lowest BCUT2D eigenvalue weighted by Crippen LogP contribution is -2.05. The Bertz CT molecular complexity index is 988. The van der Waals surface area contributed by atoms with Gasteiger partial charge in [-0.1, -0.05) is 83.9 Å². The van der Waals surface area contributed by atoms with Crippen LogP contribution in [0.1, 0.15) is 11.1 Å². The molecular formula is C23H16Cl2O. The predicted octanol–water partition coefficient (Wildman–Crippen LogP) is 7.03. The molecule has 0 radical (unpaired) electrons. The first-order valence-corrected chi connectivity index (χ1v) is 9.11. The van der Waals surface area contributed by atoms with Crippen molar-refractivity contribution in [3.63, 3.8) is 0 Å². The molecule has 1 atom stereocenters. The van der Waals surface area contributed by atoms with Gasteiger partial charge in [-0.25, -0.2) is 0 Å². The van der Waals surface area contributed by atoms with Crippen LogP contribution in [0.2, 0.25) is 10.0 Å². The molecule has 0 heterocycles. The summed E-state index contributed by atoms with van der Waals surface area (Å²) in [4.78, 5) is 0. The Hall–Kier alpha value is -2.48. The second kappa shape index (κ2) is 7.03. The van der Waals surface area contributed by atoms with E-state index in [1.165, 1.54) is 0 Å². The summed E-state index contributed by atoms with van der Waals surface area (Å²) in [6.07, 6.45) is 12.0. The van der Waals surface area contributed by atoms with Gasteiger partial charge in [-0.05, 0) is 46.5 Å². The van der Waals surface area contributed by atoms with Crippen LogP contribution in [-0.2, 0) is 0 Å². The average molecular weight is 379 g/mol. The Kier molecular flexibility index (Phi) is 4.58. The molecule has 128 valence electrons. The third-order valence-corrected chi connectivity index (χ3v) is 5.14. The summed E-state index contributed by atoms with van der Waals surface area (Å²) in [6, 6.07) is 15.3. The highest BCUT2D eigenvalue weighted by Crippen LogP contribution is 2.39. The van der Waals surface area contributed by atoms with E-state index >= 15 is 0 Å². The normalized spacial score (nSPS) is 20.3. The first kappa shape index (κ1) is 17.0. The van der Waals surface area contributed by atoms with E-state index in [-0.39, 0.29) is 5.92 Å². The van der Waals surface area contributed by atoms with E-state index < -0.39 is 0 Å². The minimum atomic E-state index is -0.176. The molecule has 0 aromatic heterocycles. The van der Waals surface area contributed by atoms with Gasteiger partial charge in [-0.15, -0.1) is 0 Å². The van der Waals surface area contributed by atoms with Crippen LogP contribution in [-0.4, -0.2) is 5.11 Å². The molecule has 4 rings (SSSR count).